The Morgan fingerprint density at radius 1 is 1.50 bits per heavy atom. The first-order valence-electron chi connectivity index (χ1n) is 4.42. The van der Waals surface area contributed by atoms with Crippen LogP contribution in [0.3, 0.4) is 0 Å². The van der Waals surface area contributed by atoms with Crippen molar-refractivity contribution in [3.8, 4) is 0 Å². The van der Waals surface area contributed by atoms with Crippen LogP contribution in [0.25, 0.3) is 0 Å². The van der Waals surface area contributed by atoms with Crippen molar-refractivity contribution in [3.63, 3.8) is 0 Å². The van der Waals surface area contributed by atoms with Gasteiger partial charge in [0.2, 0.25) is 0 Å². The average molecular weight is 215 g/mol. The maximum Gasteiger partial charge on any atom is 0.129 e. The second-order valence-electron chi connectivity index (χ2n) is 3.38. The van der Waals surface area contributed by atoms with E-state index in [0.717, 1.165) is 0 Å². The van der Waals surface area contributed by atoms with Crippen molar-refractivity contribution in [2.24, 2.45) is 0 Å². The van der Waals surface area contributed by atoms with E-state index in [-0.39, 0.29) is 16.8 Å². The molecule has 0 aliphatic carbocycles. The van der Waals surface area contributed by atoms with Gasteiger partial charge in [-0.15, -0.1) is 0 Å². The van der Waals surface area contributed by atoms with Gasteiger partial charge in [-0.3, -0.25) is 4.21 Å². The minimum absolute atomic E-state index is 0.0222. The quantitative estimate of drug-likeness (QED) is 0.784. The molecule has 14 heavy (non-hydrogen) atoms. The van der Waals surface area contributed by atoms with Crippen LogP contribution in [0.2, 0.25) is 0 Å². The van der Waals surface area contributed by atoms with Gasteiger partial charge in [0.15, 0.2) is 0 Å². The zero-order valence-electron chi connectivity index (χ0n) is 8.29. The largest absolute Gasteiger partial charge is 0.398 e. The number of rotatable bonds is 3. The molecule has 0 saturated heterocycles. The first-order valence-corrected chi connectivity index (χ1v) is 5.80. The summed E-state index contributed by atoms with van der Waals surface area (Å²) >= 11 is 0. The number of nitrogen functional groups attached to an aromatic ring is 1. The Hall–Kier alpha value is -0.900. The number of halogens is 1. The van der Waals surface area contributed by atoms with Crippen LogP contribution in [-0.4, -0.2) is 9.46 Å². The molecule has 4 heteroatoms. The third-order valence-corrected chi connectivity index (χ3v) is 3.59. The summed E-state index contributed by atoms with van der Waals surface area (Å²) in [7, 11) is -1.06. The number of nitrogens with two attached hydrogens (primary N) is 1. The molecule has 78 valence electrons. The Bertz CT molecular complexity index is 332. The van der Waals surface area contributed by atoms with Crippen LogP contribution >= 0.6 is 0 Å². The van der Waals surface area contributed by atoms with E-state index in [4.69, 9.17) is 5.73 Å². The van der Waals surface area contributed by atoms with E-state index in [0.29, 0.717) is 11.3 Å². The fourth-order valence-electron chi connectivity index (χ4n) is 1.04. The lowest BCUT2D eigenvalue weighted by Crippen LogP contribution is -2.10. The van der Waals surface area contributed by atoms with Crippen molar-refractivity contribution < 1.29 is 8.60 Å². The van der Waals surface area contributed by atoms with Crippen LogP contribution in [0.4, 0.5) is 10.1 Å². The number of hydrogen-bond acceptors (Lipinski definition) is 2. The monoisotopic (exact) mass is 215 g/mol. The molecular formula is C10H14FNOS. The fourth-order valence-corrected chi connectivity index (χ4v) is 1.96. The Balaban J connectivity index is 2.91. The average Bonchev–Trinajstić information content (AvgIpc) is 2.11. The smallest absolute Gasteiger partial charge is 0.129 e. The second-order valence-corrected chi connectivity index (χ2v) is 5.37. The molecule has 0 heterocycles. The zero-order valence-corrected chi connectivity index (χ0v) is 9.10. The standard InChI is InChI=1S/C10H14FNOS/c1-7(2)14(13)6-8-9(11)4-3-5-10(8)12/h3-5,7H,6,12H2,1-2H3. The van der Waals surface area contributed by atoms with Crippen LogP contribution in [0, 0.1) is 5.82 Å². The van der Waals surface area contributed by atoms with Crippen molar-refractivity contribution in [1.82, 2.24) is 0 Å². The van der Waals surface area contributed by atoms with Crippen LogP contribution in [0.5, 0.6) is 0 Å². The highest BCUT2D eigenvalue weighted by Crippen LogP contribution is 2.18. The van der Waals surface area contributed by atoms with E-state index in [1.54, 1.807) is 12.1 Å². The highest BCUT2D eigenvalue weighted by Gasteiger charge is 2.12. The Labute approximate surface area is 85.8 Å². The summed E-state index contributed by atoms with van der Waals surface area (Å²) in [6.45, 7) is 3.68. The molecule has 1 unspecified atom stereocenters. The van der Waals surface area contributed by atoms with Gasteiger partial charge in [-0.25, -0.2) is 4.39 Å². The number of hydrogen-bond donors (Lipinski definition) is 1. The van der Waals surface area contributed by atoms with Gasteiger partial charge in [-0.2, -0.15) is 0 Å². The van der Waals surface area contributed by atoms with Crippen molar-refractivity contribution in [2.75, 3.05) is 5.73 Å². The van der Waals surface area contributed by atoms with Gasteiger partial charge in [-0.05, 0) is 12.1 Å². The molecule has 0 aliphatic rings. The Kier molecular flexibility index (Phi) is 3.63. The topological polar surface area (TPSA) is 43.1 Å². The predicted octanol–water partition coefficient (Wildman–Crippen LogP) is 2.07. The molecule has 0 aliphatic heterocycles. The van der Waals surface area contributed by atoms with Crippen LogP contribution in [-0.2, 0) is 16.6 Å². The minimum atomic E-state index is -1.06. The van der Waals surface area contributed by atoms with Crippen LogP contribution in [0.15, 0.2) is 18.2 Å². The van der Waals surface area contributed by atoms with E-state index in [2.05, 4.69) is 0 Å². The van der Waals surface area contributed by atoms with Gasteiger partial charge < -0.3 is 5.73 Å². The van der Waals surface area contributed by atoms with Crippen LogP contribution in [0.1, 0.15) is 19.4 Å². The van der Waals surface area contributed by atoms with Gasteiger partial charge in [0.05, 0.1) is 5.75 Å². The summed E-state index contributed by atoms with van der Waals surface area (Å²) in [6, 6.07) is 4.51. The Morgan fingerprint density at radius 3 is 2.64 bits per heavy atom. The molecule has 0 amide bonds. The van der Waals surface area contributed by atoms with Gasteiger partial charge >= 0.3 is 0 Å². The molecule has 2 nitrogen and oxygen atoms in total. The molecule has 1 rings (SSSR count). The molecule has 0 radical (unpaired) electrons. The summed E-state index contributed by atoms with van der Waals surface area (Å²) in [5, 5.41) is 0.0222. The third kappa shape index (κ3) is 2.54. The first-order chi connectivity index (χ1) is 6.52. The van der Waals surface area contributed by atoms with E-state index in [1.807, 2.05) is 13.8 Å². The lowest BCUT2D eigenvalue weighted by molar-refractivity contribution is 0.615. The fraction of sp³-hybridized carbons (Fsp3) is 0.400. The molecular weight excluding hydrogens is 201 g/mol. The summed E-state index contributed by atoms with van der Waals surface area (Å²) in [5.74, 6) is -0.185. The predicted molar refractivity (Wildman–Crippen MR) is 57.8 cm³/mol. The summed E-state index contributed by atoms with van der Waals surface area (Å²) in [5.41, 5.74) is 6.33. The van der Waals surface area contributed by atoms with E-state index in [9.17, 15) is 8.60 Å². The zero-order chi connectivity index (χ0) is 10.7. The molecule has 2 N–H and O–H groups in total. The normalized spacial score (nSPS) is 13.1. The van der Waals surface area contributed by atoms with E-state index in [1.165, 1.54) is 6.07 Å². The lowest BCUT2D eigenvalue weighted by atomic mass is 10.2. The van der Waals surface area contributed by atoms with Gasteiger partial charge in [0, 0.05) is 27.3 Å². The maximum atomic E-state index is 13.3. The van der Waals surface area contributed by atoms with Crippen molar-refractivity contribution in [2.45, 2.75) is 24.9 Å². The SMILES string of the molecule is CC(C)S(=O)Cc1c(N)cccc1F. The molecule has 1 aromatic rings. The molecule has 1 aromatic carbocycles. The third-order valence-electron chi connectivity index (χ3n) is 1.97. The number of anilines is 1. The highest BCUT2D eigenvalue weighted by atomic mass is 32.2. The highest BCUT2D eigenvalue weighted by molar-refractivity contribution is 7.84. The summed E-state index contributed by atoms with van der Waals surface area (Å²) in [6.07, 6.45) is 0. The van der Waals surface area contributed by atoms with Crippen molar-refractivity contribution in [3.05, 3.63) is 29.6 Å². The molecule has 0 fully saturated rings. The van der Waals surface area contributed by atoms with E-state index >= 15 is 0 Å². The van der Waals surface area contributed by atoms with Gasteiger partial charge in [-0.1, -0.05) is 19.9 Å². The summed E-state index contributed by atoms with van der Waals surface area (Å²) in [4.78, 5) is 0. The second kappa shape index (κ2) is 4.55. The van der Waals surface area contributed by atoms with Crippen molar-refractivity contribution >= 4 is 16.5 Å². The first kappa shape index (κ1) is 11.2. The molecule has 0 bridgehead atoms. The molecule has 0 spiro atoms. The minimum Gasteiger partial charge on any atom is -0.398 e. The molecule has 1 atom stereocenters. The maximum absolute atomic E-state index is 13.3. The summed E-state index contributed by atoms with van der Waals surface area (Å²) < 4.78 is 24.8. The lowest BCUT2D eigenvalue weighted by Gasteiger charge is -2.08. The van der Waals surface area contributed by atoms with Crippen LogP contribution < -0.4 is 5.73 Å². The number of benzene rings is 1. The van der Waals surface area contributed by atoms with E-state index < -0.39 is 10.8 Å². The van der Waals surface area contributed by atoms with Gasteiger partial charge in [0.25, 0.3) is 0 Å². The van der Waals surface area contributed by atoms with Gasteiger partial charge in [0.1, 0.15) is 5.82 Å². The molecule has 0 saturated carbocycles. The molecule has 0 aromatic heterocycles. The Morgan fingerprint density at radius 2 is 2.14 bits per heavy atom. The van der Waals surface area contributed by atoms with Crippen molar-refractivity contribution in [1.29, 1.82) is 0 Å².